The third-order valence-corrected chi connectivity index (χ3v) is 4.49. The molecule has 2 fully saturated rings. The van der Waals surface area contributed by atoms with Crippen LogP contribution in [0, 0.1) is 5.92 Å². The van der Waals surface area contributed by atoms with Gasteiger partial charge in [-0.25, -0.2) is 0 Å². The molecule has 0 aromatic rings. The molecule has 0 aromatic carbocycles. The van der Waals surface area contributed by atoms with Gasteiger partial charge in [-0.2, -0.15) is 0 Å². The molecule has 1 saturated carbocycles. The van der Waals surface area contributed by atoms with E-state index in [1.165, 1.54) is 0 Å². The molecular formula is C15H28N2O2. The third kappa shape index (κ3) is 2.65. The van der Waals surface area contributed by atoms with E-state index in [-0.39, 0.29) is 17.7 Å². The largest absolute Gasteiger partial charge is 0.380 e. The molecule has 2 aliphatic rings. The molecular weight excluding hydrogens is 240 g/mol. The topological polar surface area (TPSA) is 41.6 Å². The second kappa shape index (κ2) is 5.80. The summed E-state index contributed by atoms with van der Waals surface area (Å²) in [5, 5.41) is 3.64. The van der Waals surface area contributed by atoms with E-state index in [1.807, 2.05) is 11.8 Å². The van der Waals surface area contributed by atoms with E-state index in [0.717, 1.165) is 25.7 Å². The average Bonchev–Trinajstić information content (AvgIpc) is 2.95. The first-order valence-corrected chi connectivity index (χ1v) is 7.70. The lowest BCUT2D eigenvalue weighted by atomic mass is 9.97. The monoisotopic (exact) mass is 268 g/mol. The maximum atomic E-state index is 12.9. The molecule has 1 aliphatic heterocycles. The van der Waals surface area contributed by atoms with Gasteiger partial charge < -0.3 is 9.64 Å². The summed E-state index contributed by atoms with van der Waals surface area (Å²) < 4.78 is 5.51. The summed E-state index contributed by atoms with van der Waals surface area (Å²) in [5.41, 5.74) is -0.268. The van der Waals surface area contributed by atoms with E-state index in [0.29, 0.717) is 25.0 Å². The van der Waals surface area contributed by atoms with Crippen LogP contribution >= 0.6 is 0 Å². The fourth-order valence-electron chi connectivity index (χ4n) is 3.46. The zero-order chi connectivity index (χ0) is 14.0. The van der Waals surface area contributed by atoms with Crippen molar-refractivity contribution in [3.05, 3.63) is 0 Å². The lowest BCUT2D eigenvalue weighted by Crippen LogP contribution is -2.47. The smallest absolute Gasteiger partial charge is 0.244 e. The van der Waals surface area contributed by atoms with E-state index in [9.17, 15) is 4.79 Å². The highest BCUT2D eigenvalue weighted by atomic mass is 16.5. The molecule has 0 bridgehead atoms. The molecule has 2 rings (SSSR count). The molecule has 2 atom stereocenters. The summed E-state index contributed by atoms with van der Waals surface area (Å²) in [6.07, 6.45) is 4.47. The second-order valence-electron chi connectivity index (χ2n) is 6.34. The first kappa shape index (κ1) is 14.8. The number of nitrogens with zero attached hydrogens (tertiary/aromatic N) is 1. The van der Waals surface area contributed by atoms with Crippen LogP contribution in [0.5, 0.6) is 0 Å². The van der Waals surface area contributed by atoms with Crippen molar-refractivity contribution >= 4 is 5.91 Å². The van der Waals surface area contributed by atoms with E-state index in [1.54, 1.807) is 0 Å². The highest BCUT2D eigenvalue weighted by molar-refractivity contribution is 5.89. The summed E-state index contributed by atoms with van der Waals surface area (Å²) in [5.74, 6) is 0.726. The number of carbonyl (C=O) groups is 1. The Morgan fingerprint density at radius 2 is 2.00 bits per heavy atom. The van der Waals surface area contributed by atoms with Crippen LogP contribution in [0.1, 0.15) is 53.4 Å². The number of hydrogen-bond donors (Lipinski definition) is 1. The van der Waals surface area contributed by atoms with Crippen LogP contribution in [0.2, 0.25) is 0 Å². The minimum Gasteiger partial charge on any atom is -0.380 e. The number of rotatable bonds is 5. The zero-order valence-corrected chi connectivity index (χ0v) is 12.7. The van der Waals surface area contributed by atoms with Gasteiger partial charge in [0.2, 0.25) is 5.91 Å². The highest BCUT2D eigenvalue weighted by Gasteiger charge is 2.53. The lowest BCUT2D eigenvalue weighted by Gasteiger charge is -2.32. The van der Waals surface area contributed by atoms with Gasteiger partial charge in [0.1, 0.15) is 0 Å². The van der Waals surface area contributed by atoms with Crippen molar-refractivity contribution in [3.63, 3.8) is 0 Å². The normalized spacial score (nSPS) is 27.7. The maximum absolute atomic E-state index is 12.9. The molecule has 2 unspecified atom stereocenters. The number of nitrogens with one attached hydrogen (secondary N) is 1. The Labute approximate surface area is 116 Å². The summed E-state index contributed by atoms with van der Waals surface area (Å²) in [6, 6.07) is 0.146. The molecule has 1 N–H and O–H groups in total. The molecule has 1 amide bonds. The molecule has 4 nitrogen and oxygen atoms in total. The van der Waals surface area contributed by atoms with Gasteiger partial charge >= 0.3 is 0 Å². The van der Waals surface area contributed by atoms with Gasteiger partial charge in [0.25, 0.3) is 0 Å². The predicted octanol–water partition coefficient (Wildman–Crippen LogP) is 2.14. The molecule has 0 aromatic heterocycles. The maximum Gasteiger partial charge on any atom is 0.244 e. The number of amides is 1. The highest BCUT2D eigenvalue weighted by Crippen LogP contribution is 2.38. The molecule has 1 aliphatic carbocycles. The molecule has 110 valence electrons. The number of ether oxygens (including phenoxy) is 1. The first-order valence-electron chi connectivity index (χ1n) is 7.70. The van der Waals surface area contributed by atoms with Crippen LogP contribution in [-0.2, 0) is 9.53 Å². The van der Waals surface area contributed by atoms with Gasteiger partial charge in [-0.15, -0.1) is 0 Å². The van der Waals surface area contributed by atoms with Crippen molar-refractivity contribution in [1.29, 1.82) is 0 Å². The Balaban J connectivity index is 2.16. The lowest BCUT2D eigenvalue weighted by molar-refractivity contribution is -0.136. The molecule has 0 radical (unpaired) electrons. The molecule has 1 heterocycles. The first-order chi connectivity index (χ1) is 9.02. The van der Waals surface area contributed by atoms with Crippen LogP contribution in [0.15, 0.2) is 0 Å². The standard InChI is InChI=1S/C15H28N2O2/c1-5-19-10-12(4)17-13(11(2)3)16-15(14(17)18)8-6-7-9-15/h11-13,16H,5-10H2,1-4H3. The fourth-order valence-corrected chi connectivity index (χ4v) is 3.46. The van der Waals surface area contributed by atoms with Crippen molar-refractivity contribution in [3.8, 4) is 0 Å². The van der Waals surface area contributed by atoms with E-state index < -0.39 is 0 Å². The van der Waals surface area contributed by atoms with Gasteiger partial charge in [0, 0.05) is 6.61 Å². The van der Waals surface area contributed by atoms with Crippen molar-refractivity contribution < 1.29 is 9.53 Å². The van der Waals surface area contributed by atoms with Gasteiger partial charge in [0.05, 0.1) is 24.4 Å². The summed E-state index contributed by atoms with van der Waals surface area (Å²) >= 11 is 0. The van der Waals surface area contributed by atoms with Gasteiger partial charge in [-0.05, 0) is 32.6 Å². The Morgan fingerprint density at radius 1 is 1.37 bits per heavy atom. The van der Waals surface area contributed by atoms with Crippen molar-refractivity contribution in [1.82, 2.24) is 10.2 Å². The van der Waals surface area contributed by atoms with Crippen LogP contribution in [0.4, 0.5) is 0 Å². The zero-order valence-electron chi connectivity index (χ0n) is 12.7. The Bertz CT molecular complexity index is 324. The predicted molar refractivity (Wildman–Crippen MR) is 75.8 cm³/mol. The van der Waals surface area contributed by atoms with Gasteiger partial charge in [-0.3, -0.25) is 10.1 Å². The summed E-state index contributed by atoms with van der Waals surface area (Å²) in [4.78, 5) is 14.9. The minimum absolute atomic E-state index is 0.146. The van der Waals surface area contributed by atoms with E-state index in [2.05, 4.69) is 26.1 Å². The summed E-state index contributed by atoms with van der Waals surface area (Å²) in [7, 11) is 0. The van der Waals surface area contributed by atoms with E-state index in [4.69, 9.17) is 4.74 Å². The SMILES string of the molecule is CCOCC(C)N1C(=O)C2(CCCC2)NC1C(C)C. The molecule has 19 heavy (non-hydrogen) atoms. The summed E-state index contributed by atoms with van der Waals surface area (Å²) in [6.45, 7) is 9.78. The minimum atomic E-state index is -0.268. The van der Waals surface area contributed by atoms with Crippen molar-refractivity contribution in [2.24, 2.45) is 5.92 Å². The Hall–Kier alpha value is -0.610. The number of carbonyl (C=O) groups excluding carboxylic acids is 1. The average molecular weight is 268 g/mol. The third-order valence-electron chi connectivity index (χ3n) is 4.49. The van der Waals surface area contributed by atoms with Gasteiger partial charge in [0.15, 0.2) is 0 Å². The van der Waals surface area contributed by atoms with Gasteiger partial charge in [-0.1, -0.05) is 26.7 Å². The Morgan fingerprint density at radius 3 is 2.53 bits per heavy atom. The van der Waals surface area contributed by atoms with Crippen LogP contribution in [0.25, 0.3) is 0 Å². The molecule has 1 spiro atoms. The van der Waals surface area contributed by atoms with Crippen molar-refractivity contribution in [2.75, 3.05) is 13.2 Å². The fraction of sp³-hybridized carbons (Fsp3) is 0.933. The number of hydrogen-bond acceptors (Lipinski definition) is 3. The van der Waals surface area contributed by atoms with Crippen LogP contribution in [-0.4, -0.2) is 41.8 Å². The van der Waals surface area contributed by atoms with Crippen molar-refractivity contribution in [2.45, 2.75) is 71.1 Å². The molecule has 4 heteroatoms. The van der Waals surface area contributed by atoms with Crippen LogP contribution in [0.3, 0.4) is 0 Å². The quantitative estimate of drug-likeness (QED) is 0.830. The molecule has 1 saturated heterocycles. The van der Waals surface area contributed by atoms with Crippen LogP contribution < -0.4 is 5.32 Å². The Kier molecular flexibility index (Phi) is 4.51. The second-order valence-corrected chi connectivity index (χ2v) is 6.34. The van der Waals surface area contributed by atoms with E-state index >= 15 is 0 Å².